The van der Waals surface area contributed by atoms with E-state index < -0.39 is 5.82 Å². The molecule has 0 N–H and O–H groups in total. The largest absolute Gasteiger partial charge is 0.481 e. The molecule has 3 nitrogen and oxygen atoms in total. The van der Waals surface area contributed by atoms with Gasteiger partial charge in [0.2, 0.25) is 0 Å². The van der Waals surface area contributed by atoms with Crippen LogP contribution < -0.4 is 4.74 Å². The summed E-state index contributed by atoms with van der Waals surface area (Å²) >= 11 is 0. The van der Waals surface area contributed by atoms with Crippen LogP contribution in [-0.4, -0.2) is 24.5 Å². The first-order valence-electron chi connectivity index (χ1n) is 6.77. The van der Waals surface area contributed by atoms with Crippen LogP contribution in [-0.2, 0) is 4.79 Å². The molecule has 1 unspecified atom stereocenters. The van der Waals surface area contributed by atoms with Crippen molar-refractivity contribution in [3.63, 3.8) is 0 Å². The molecule has 0 saturated carbocycles. The van der Waals surface area contributed by atoms with E-state index in [1.807, 2.05) is 37.3 Å². The van der Waals surface area contributed by atoms with E-state index in [1.54, 1.807) is 24.1 Å². The van der Waals surface area contributed by atoms with Crippen molar-refractivity contribution in [1.29, 1.82) is 0 Å². The highest BCUT2D eigenvalue weighted by Crippen LogP contribution is 2.19. The van der Waals surface area contributed by atoms with Crippen LogP contribution in [0.3, 0.4) is 0 Å². The Bertz CT molecular complexity index is 601. The predicted molar refractivity (Wildman–Crippen MR) is 79.5 cm³/mol. The van der Waals surface area contributed by atoms with Gasteiger partial charge in [0.05, 0.1) is 6.04 Å². The summed E-state index contributed by atoms with van der Waals surface area (Å²) in [5.74, 6) is -0.578. The fraction of sp³-hybridized carbons (Fsp3) is 0.235. The highest BCUT2D eigenvalue weighted by atomic mass is 19.1. The molecule has 0 heterocycles. The third-order valence-corrected chi connectivity index (χ3v) is 3.44. The number of hydrogen-bond acceptors (Lipinski definition) is 2. The summed E-state index contributed by atoms with van der Waals surface area (Å²) in [7, 11) is 1.71. The molecule has 1 amide bonds. The second-order valence-corrected chi connectivity index (χ2v) is 4.81. The number of ether oxygens (including phenoxy) is 1. The van der Waals surface area contributed by atoms with Gasteiger partial charge in [0.15, 0.2) is 18.2 Å². The van der Waals surface area contributed by atoms with E-state index in [2.05, 4.69) is 0 Å². The lowest BCUT2D eigenvalue weighted by atomic mass is 10.1. The lowest BCUT2D eigenvalue weighted by Crippen LogP contribution is -2.33. The SMILES string of the molecule is CC(c1ccccc1)N(C)C(=O)COc1ccccc1F. The van der Waals surface area contributed by atoms with Gasteiger partial charge in [-0.1, -0.05) is 42.5 Å². The van der Waals surface area contributed by atoms with Gasteiger partial charge >= 0.3 is 0 Å². The Labute approximate surface area is 124 Å². The monoisotopic (exact) mass is 287 g/mol. The van der Waals surface area contributed by atoms with E-state index in [4.69, 9.17) is 4.74 Å². The quantitative estimate of drug-likeness (QED) is 0.843. The maximum Gasteiger partial charge on any atom is 0.260 e. The van der Waals surface area contributed by atoms with E-state index in [1.165, 1.54) is 12.1 Å². The van der Waals surface area contributed by atoms with Gasteiger partial charge < -0.3 is 9.64 Å². The molecule has 4 heteroatoms. The van der Waals surface area contributed by atoms with Crippen LogP contribution in [0.4, 0.5) is 4.39 Å². The van der Waals surface area contributed by atoms with Crippen LogP contribution in [0.5, 0.6) is 5.75 Å². The minimum atomic E-state index is -0.468. The Balaban J connectivity index is 1.95. The molecule has 110 valence electrons. The number of halogens is 1. The van der Waals surface area contributed by atoms with Crippen LogP contribution >= 0.6 is 0 Å². The van der Waals surface area contributed by atoms with Crippen LogP contribution in [0.25, 0.3) is 0 Å². The molecule has 0 bridgehead atoms. The number of amides is 1. The maximum atomic E-state index is 13.4. The fourth-order valence-corrected chi connectivity index (χ4v) is 1.97. The molecule has 0 radical (unpaired) electrons. The van der Waals surface area contributed by atoms with Crippen molar-refractivity contribution in [1.82, 2.24) is 4.90 Å². The van der Waals surface area contributed by atoms with Gasteiger partial charge in [-0.05, 0) is 24.6 Å². The van der Waals surface area contributed by atoms with Crippen molar-refractivity contribution in [2.75, 3.05) is 13.7 Å². The number of likely N-dealkylation sites (N-methyl/N-ethyl adjacent to an activating group) is 1. The highest BCUT2D eigenvalue weighted by Gasteiger charge is 2.18. The zero-order valence-corrected chi connectivity index (χ0v) is 12.1. The Hall–Kier alpha value is -2.36. The predicted octanol–water partition coefficient (Wildman–Crippen LogP) is 3.42. The van der Waals surface area contributed by atoms with Gasteiger partial charge in [-0.15, -0.1) is 0 Å². The number of nitrogens with zero attached hydrogens (tertiary/aromatic N) is 1. The molecule has 0 aromatic heterocycles. The molecule has 2 aromatic carbocycles. The molecular weight excluding hydrogens is 269 g/mol. The average molecular weight is 287 g/mol. The lowest BCUT2D eigenvalue weighted by molar-refractivity contribution is -0.134. The highest BCUT2D eigenvalue weighted by molar-refractivity contribution is 5.78. The van der Waals surface area contributed by atoms with Crippen molar-refractivity contribution >= 4 is 5.91 Å². The van der Waals surface area contributed by atoms with Gasteiger partial charge in [-0.2, -0.15) is 0 Å². The zero-order chi connectivity index (χ0) is 15.2. The third-order valence-electron chi connectivity index (χ3n) is 3.44. The molecule has 21 heavy (non-hydrogen) atoms. The maximum absolute atomic E-state index is 13.4. The second kappa shape index (κ2) is 6.88. The Kier molecular flexibility index (Phi) is 4.93. The van der Waals surface area contributed by atoms with E-state index in [0.29, 0.717) is 0 Å². The summed E-state index contributed by atoms with van der Waals surface area (Å²) in [5.41, 5.74) is 1.04. The van der Waals surface area contributed by atoms with Crippen molar-refractivity contribution in [3.8, 4) is 5.75 Å². The second-order valence-electron chi connectivity index (χ2n) is 4.81. The van der Waals surface area contributed by atoms with E-state index in [0.717, 1.165) is 5.56 Å². The van der Waals surface area contributed by atoms with Crippen LogP contribution in [0.2, 0.25) is 0 Å². The number of carbonyl (C=O) groups excluding carboxylic acids is 1. The Morgan fingerprint density at radius 2 is 1.76 bits per heavy atom. The standard InChI is InChI=1S/C17H18FNO2/c1-13(14-8-4-3-5-9-14)19(2)17(20)12-21-16-11-7-6-10-15(16)18/h3-11,13H,12H2,1-2H3. The van der Waals surface area contributed by atoms with Gasteiger partial charge in [-0.25, -0.2) is 4.39 Å². The number of hydrogen-bond donors (Lipinski definition) is 0. The van der Waals surface area contributed by atoms with Gasteiger partial charge in [0.1, 0.15) is 0 Å². The topological polar surface area (TPSA) is 29.5 Å². The first-order valence-corrected chi connectivity index (χ1v) is 6.77. The Morgan fingerprint density at radius 3 is 2.43 bits per heavy atom. The molecule has 0 aliphatic rings. The van der Waals surface area contributed by atoms with Gasteiger partial charge in [0.25, 0.3) is 5.91 Å². The van der Waals surface area contributed by atoms with E-state index in [9.17, 15) is 9.18 Å². The van der Waals surface area contributed by atoms with Crippen molar-refractivity contribution in [2.24, 2.45) is 0 Å². The smallest absolute Gasteiger partial charge is 0.260 e. The van der Waals surface area contributed by atoms with Gasteiger partial charge in [0, 0.05) is 7.05 Å². The molecule has 0 fully saturated rings. The number of para-hydroxylation sites is 1. The minimum absolute atomic E-state index is 0.0667. The molecule has 0 spiro atoms. The summed E-state index contributed by atoms with van der Waals surface area (Å²) in [6.45, 7) is 1.75. The van der Waals surface area contributed by atoms with E-state index >= 15 is 0 Å². The third kappa shape index (κ3) is 3.81. The first-order chi connectivity index (χ1) is 10.1. The van der Waals surface area contributed by atoms with Crippen LogP contribution in [0.15, 0.2) is 54.6 Å². The number of rotatable bonds is 5. The summed E-state index contributed by atoms with van der Waals surface area (Å²) in [6.07, 6.45) is 0. The van der Waals surface area contributed by atoms with Crippen molar-refractivity contribution in [2.45, 2.75) is 13.0 Å². The van der Waals surface area contributed by atoms with E-state index in [-0.39, 0.29) is 24.3 Å². The molecule has 2 aromatic rings. The Morgan fingerprint density at radius 1 is 1.14 bits per heavy atom. The summed E-state index contributed by atoms with van der Waals surface area (Å²) in [6, 6.07) is 15.7. The minimum Gasteiger partial charge on any atom is -0.481 e. The molecule has 0 aliphatic heterocycles. The van der Waals surface area contributed by atoms with Gasteiger partial charge in [-0.3, -0.25) is 4.79 Å². The molecule has 1 atom stereocenters. The van der Waals surface area contributed by atoms with Crippen molar-refractivity contribution < 1.29 is 13.9 Å². The average Bonchev–Trinajstić information content (AvgIpc) is 2.53. The summed E-state index contributed by atoms with van der Waals surface area (Å²) in [5, 5.41) is 0. The van der Waals surface area contributed by atoms with Crippen molar-refractivity contribution in [3.05, 3.63) is 66.0 Å². The zero-order valence-electron chi connectivity index (χ0n) is 12.1. The normalized spacial score (nSPS) is 11.8. The van der Waals surface area contributed by atoms with Crippen LogP contribution in [0, 0.1) is 5.82 Å². The first kappa shape index (κ1) is 15.0. The summed E-state index contributed by atoms with van der Waals surface area (Å²) in [4.78, 5) is 13.7. The fourth-order valence-electron chi connectivity index (χ4n) is 1.97. The molecule has 2 rings (SSSR count). The number of carbonyl (C=O) groups is 1. The molecule has 0 saturated heterocycles. The number of benzene rings is 2. The summed E-state index contributed by atoms with van der Waals surface area (Å²) < 4.78 is 18.7. The van der Waals surface area contributed by atoms with Crippen LogP contribution in [0.1, 0.15) is 18.5 Å². The molecular formula is C17H18FNO2. The molecule has 0 aliphatic carbocycles. The lowest BCUT2D eigenvalue weighted by Gasteiger charge is -2.25.